The minimum absolute atomic E-state index is 0.109. The fourth-order valence-corrected chi connectivity index (χ4v) is 2.45. The molecule has 1 aliphatic rings. The topological polar surface area (TPSA) is 44.4 Å². The number of rotatable bonds is 5. The Morgan fingerprint density at radius 1 is 1.42 bits per heavy atom. The van der Waals surface area contributed by atoms with Crippen molar-refractivity contribution in [1.82, 2.24) is 10.2 Å². The second-order valence-corrected chi connectivity index (χ2v) is 4.89. The van der Waals surface area contributed by atoms with Crippen LogP contribution in [-0.2, 0) is 0 Å². The molecule has 4 heteroatoms. The summed E-state index contributed by atoms with van der Waals surface area (Å²) in [5, 5.41) is 6.81. The van der Waals surface area contributed by atoms with Gasteiger partial charge in [-0.05, 0) is 45.0 Å². The van der Waals surface area contributed by atoms with Gasteiger partial charge in [-0.3, -0.25) is 4.79 Å². The van der Waals surface area contributed by atoms with Crippen LogP contribution in [0.1, 0.15) is 30.6 Å². The summed E-state index contributed by atoms with van der Waals surface area (Å²) in [6, 6.07) is 8.29. The maximum atomic E-state index is 12.3. The molecule has 0 radical (unpaired) electrons. The molecule has 1 unspecified atom stereocenters. The summed E-state index contributed by atoms with van der Waals surface area (Å²) < 4.78 is 0. The number of anilines is 1. The van der Waals surface area contributed by atoms with Gasteiger partial charge in [0.1, 0.15) is 0 Å². The monoisotopic (exact) mass is 261 g/mol. The number of hydrogen-bond acceptors (Lipinski definition) is 3. The molecule has 2 N–H and O–H groups in total. The Morgan fingerprint density at radius 2 is 2.21 bits per heavy atom. The van der Waals surface area contributed by atoms with Gasteiger partial charge < -0.3 is 15.5 Å². The lowest BCUT2D eigenvalue weighted by Crippen LogP contribution is -2.30. The van der Waals surface area contributed by atoms with Crippen LogP contribution in [0.15, 0.2) is 24.3 Å². The Labute approximate surface area is 115 Å². The van der Waals surface area contributed by atoms with Crippen LogP contribution in [-0.4, -0.2) is 43.0 Å². The lowest BCUT2D eigenvalue weighted by atomic mass is 10.1. The Bertz CT molecular complexity index is 423. The summed E-state index contributed by atoms with van der Waals surface area (Å²) in [5.41, 5.74) is 1.80. The van der Waals surface area contributed by atoms with Gasteiger partial charge in [0.2, 0.25) is 0 Å². The maximum absolute atomic E-state index is 12.3. The van der Waals surface area contributed by atoms with E-state index in [1.165, 1.54) is 0 Å². The highest BCUT2D eigenvalue weighted by Gasteiger charge is 2.16. The largest absolute Gasteiger partial charge is 0.381 e. The van der Waals surface area contributed by atoms with Crippen molar-refractivity contribution < 1.29 is 4.79 Å². The lowest BCUT2D eigenvalue weighted by Gasteiger charge is -2.19. The summed E-state index contributed by atoms with van der Waals surface area (Å²) in [6.07, 6.45) is 1.13. The smallest absolute Gasteiger partial charge is 0.253 e. The van der Waals surface area contributed by atoms with Crippen LogP contribution < -0.4 is 10.6 Å². The first-order chi connectivity index (χ1) is 9.24. The molecule has 104 valence electrons. The van der Waals surface area contributed by atoms with Crippen LogP contribution >= 0.6 is 0 Å². The van der Waals surface area contributed by atoms with Crippen molar-refractivity contribution in [2.24, 2.45) is 0 Å². The van der Waals surface area contributed by atoms with Crippen molar-refractivity contribution >= 4 is 11.6 Å². The zero-order valence-corrected chi connectivity index (χ0v) is 11.8. The van der Waals surface area contributed by atoms with Crippen molar-refractivity contribution in [3.05, 3.63) is 29.8 Å². The molecule has 0 bridgehead atoms. The number of nitrogens with one attached hydrogen (secondary N) is 2. The average molecular weight is 261 g/mol. The van der Waals surface area contributed by atoms with E-state index in [9.17, 15) is 4.79 Å². The van der Waals surface area contributed by atoms with E-state index in [0.717, 1.165) is 43.9 Å². The lowest BCUT2D eigenvalue weighted by molar-refractivity contribution is 0.0773. The van der Waals surface area contributed by atoms with Gasteiger partial charge in [0.15, 0.2) is 0 Å². The third-order valence-electron chi connectivity index (χ3n) is 3.59. The van der Waals surface area contributed by atoms with Crippen molar-refractivity contribution in [3.8, 4) is 0 Å². The van der Waals surface area contributed by atoms with E-state index in [1.807, 2.05) is 43.0 Å². The number of benzene rings is 1. The minimum atomic E-state index is 0.109. The Morgan fingerprint density at radius 3 is 2.84 bits per heavy atom. The van der Waals surface area contributed by atoms with E-state index >= 15 is 0 Å². The molecule has 1 amide bonds. The summed E-state index contributed by atoms with van der Waals surface area (Å²) >= 11 is 0. The van der Waals surface area contributed by atoms with E-state index in [4.69, 9.17) is 0 Å². The highest BCUT2D eigenvalue weighted by molar-refractivity contribution is 5.95. The zero-order valence-electron chi connectivity index (χ0n) is 11.8. The molecule has 0 spiro atoms. The van der Waals surface area contributed by atoms with Gasteiger partial charge in [0.05, 0.1) is 0 Å². The van der Waals surface area contributed by atoms with E-state index < -0.39 is 0 Å². The van der Waals surface area contributed by atoms with Gasteiger partial charge in [-0.25, -0.2) is 0 Å². The van der Waals surface area contributed by atoms with Crippen molar-refractivity contribution in [2.45, 2.75) is 26.3 Å². The van der Waals surface area contributed by atoms with E-state index in [1.54, 1.807) is 0 Å². The summed E-state index contributed by atoms with van der Waals surface area (Å²) in [5.74, 6) is 0.109. The number of carbonyl (C=O) groups excluding carboxylic acids is 1. The fourth-order valence-electron chi connectivity index (χ4n) is 2.45. The third kappa shape index (κ3) is 3.47. The van der Waals surface area contributed by atoms with Crippen LogP contribution in [0.2, 0.25) is 0 Å². The van der Waals surface area contributed by atoms with E-state index in [0.29, 0.717) is 6.04 Å². The van der Waals surface area contributed by atoms with E-state index in [2.05, 4.69) is 10.6 Å². The number of hydrogen-bond donors (Lipinski definition) is 2. The highest BCUT2D eigenvalue weighted by Crippen LogP contribution is 2.15. The predicted octanol–water partition coefficient (Wildman–Crippen LogP) is 1.94. The molecular weight excluding hydrogens is 238 g/mol. The molecule has 0 saturated carbocycles. The van der Waals surface area contributed by atoms with Crippen molar-refractivity contribution in [1.29, 1.82) is 0 Å². The van der Waals surface area contributed by atoms with Gasteiger partial charge in [-0.15, -0.1) is 0 Å². The fraction of sp³-hybridized carbons (Fsp3) is 0.533. The summed E-state index contributed by atoms with van der Waals surface area (Å²) in [4.78, 5) is 14.1. The zero-order chi connectivity index (χ0) is 13.7. The molecule has 0 aromatic heterocycles. The van der Waals surface area contributed by atoms with Crippen LogP contribution in [0, 0.1) is 0 Å². The highest BCUT2D eigenvalue weighted by atomic mass is 16.2. The summed E-state index contributed by atoms with van der Waals surface area (Å²) in [6.45, 7) is 7.57. The molecule has 4 nitrogen and oxygen atoms in total. The quantitative estimate of drug-likeness (QED) is 0.851. The molecule has 1 atom stereocenters. The molecule has 1 aromatic carbocycles. The first-order valence-corrected chi connectivity index (χ1v) is 7.11. The number of nitrogens with zero attached hydrogens (tertiary/aromatic N) is 1. The van der Waals surface area contributed by atoms with Crippen LogP contribution in [0.25, 0.3) is 0 Å². The SMILES string of the molecule is CCN(CC)C(=O)c1cccc(NC2CCNC2)c1. The molecule has 19 heavy (non-hydrogen) atoms. The first-order valence-electron chi connectivity index (χ1n) is 7.11. The standard InChI is InChI=1S/C15H23N3O/c1-3-18(4-2)15(19)12-6-5-7-13(10-12)17-14-8-9-16-11-14/h5-7,10,14,16-17H,3-4,8-9,11H2,1-2H3. The molecule has 1 aliphatic heterocycles. The molecule has 0 aliphatic carbocycles. The number of amides is 1. The molecule has 1 saturated heterocycles. The van der Waals surface area contributed by atoms with E-state index in [-0.39, 0.29) is 5.91 Å². The molecule has 1 heterocycles. The molecular formula is C15H23N3O. The van der Waals surface area contributed by atoms with Crippen LogP contribution in [0.5, 0.6) is 0 Å². The van der Waals surface area contributed by atoms with Crippen molar-refractivity contribution in [3.63, 3.8) is 0 Å². The Balaban J connectivity index is 2.07. The average Bonchev–Trinajstić information content (AvgIpc) is 2.93. The number of carbonyl (C=O) groups is 1. The van der Waals surface area contributed by atoms with Gasteiger partial charge in [0, 0.05) is 36.9 Å². The third-order valence-corrected chi connectivity index (χ3v) is 3.59. The Kier molecular flexibility index (Phi) is 4.80. The molecule has 1 fully saturated rings. The normalized spacial score (nSPS) is 18.3. The maximum Gasteiger partial charge on any atom is 0.253 e. The van der Waals surface area contributed by atoms with Gasteiger partial charge >= 0.3 is 0 Å². The summed E-state index contributed by atoms with van der Waals surface area (Å²) in [7, 11) is 0. The predicted molar refractivity (Wildman–Crippen MR) is 78.6 cm³/mol. The Hall–Kier alpha value is -1.55. The first kappa shape index (κ1) is 13.9. The molecule has 1 aromatic rings. The van der Waals surface area contributed by atoms with Crippen molar-refractivity contribution in [2.75, 3.05) is 31.5 Å². The minimum Gasteiger partial charge on any atom is -0.381 e. The van der Waals surface area contributed by atoms with Gasteiger partial charge in [0.25, 0.3) is 5.91 Å². The second kappa shape index (κ2) is 6.57. The van der Waals surface area contributed by atoms with Gasteiger partial charge in [-0.2, -0.15) is 0 Å². The second-order valence-electron chi connectivity index (χ2n) is 4.89. The van der Waals surface area contributed by atoms with Crippen LogP contribution in [0.4, 0.5) is 5.69 Å². The molecule has 2 rings (SSSR count). The van der Waals surface area contributed by atoms with Crippen LogP contribution in [0.3, 0.4) is 0 Å². The van der Waals surface area contributed by atoms with Gasteiger partial charge in [-0.1, -0.05) is 6.07 Å².